The molecule has 3 rings (SSSR count). The summed E-state index contributed by atoms with van der Waals surface area (Å²) in [6.07, 6.45) is 2.30. The summed E-state index contributed by atoms with van der Waals surface area (Å²) in [6.45, 7) is 8.06. The lowest BCUT2D eigenvalue weighted by molar-refractivity contribution is -0.160. The number of carbonyl (C=O) groups is 2. The van der Waals surface area contributed by atoms with Gasteiger partial charge in [0.05, 0.1) is 17.9 Å². The predicted molar refractivity (Wildman–Crippen MR) is 96.2 cm³/mol. The van der Waals surface area contributed by atoms with E-state index < -0.39 is 16.8 Å². The van der Waals surface area contributed by atoms with Gasteiger partial charge in [-0.05, 0) is 62.1 Å². The van der Waals surface area contributed by atoms with Crippen LogP contribution in [-0.4, -0.2) is 24.0 Å². The van der Waals surface area contributed by atoms with Gasteiger partial charge in [0.2, 0.25) is 0 Å². The molecule has 1 unspecified atom stereocenters. The molecule has 0 saturated heterocycles. The lowest BCUT2D eigenvalue weighted by Gasteiger charge is -2.52. The molecule has 4 heteroatoms. The monoisotopic (exact) mass is 344 g/mol. The molecule has 0 bridgehead atoms. The molecular formula is C21H28O4. The van der Waals surface area contributed by atoms with Crippen molar-refractivity contribution in [1.29, 1.82) is 0 Å². The zero-order chi connectivity index (χ0) is 18.6. The molecule has 1 aromatic rings. The van der Waals surface area contributed by atoms with Crippen LogP contribution in [0.3, 0.4) is 0 Å². The highest BCUT2D eigenvalue weighted by Crippen LogP contribution is 2.57. The van der Waals surface area contributed by atoms with E-state index in [1.165, 1.54) is 5.56 Å². The Morgan fingerprint density at radius 3 is 2.52 bits per heavy atom. The third-order valence-corrected chi connectivity index (χ3v) is 6.76. The first-order valence-electron chi connectivity index (χ1n) is 9.14. The van der Waals surface area contributed by atoms with E-state index in [-0.39, 0.29) is 17.6 Å². The first kappa shape index (κ1) is 18.0. The molecule has 0 heterocycles. The molecular weight excluding hydrogens is 316 g/mol. The third kappa shape index (κ3) is 2.33. The van der Waals surface area contributed by atoms with Crippen molar-refractivity contribution in [3.8, 4) is 5.75 Å². The Kier molecular flexibility index (Phi) is 4.21. The molecule has 0 radical (unpaired) electrons. The van der Waals surface area contributed by atoms with Gasteiger partial charge in [0.1, 0.15) is 11.5 Å². The number of fused-ring (bicyclic) bond motifs is 3. The number of rotatable bonds is 3. The first-order chi connectivity index (χ1) is 11.7. The molecule has 4 nitrogen and oxygen atoms in total. The van der Waals surface area contributed by atoms with Gasteiger partial charge >= 0.3 is 5.97 Å². The number of aliphatic carboxylic acids is 1. The maximum Gasteiger partial charge on any atom is 0.309 e. The van der Waals surface area contributed by atoms with Gasteiger partial charge in [0.25, 0.3) is 0 Å². The van der Waals surface area contributed by atoms with Gasteiger partial charge in [-0.3, -0.25) is 9.59 Å². The van der Waals surface area contributed by atoms with E-state index in [1.54, 1.807) is 7.11 Å². The largest absolute Gasteiger partial charge is 0.496 e. The second kappa shape index (κ2) is 5.86. The number of hydrogen-bond acceptors (Lipinski definition) is 3. The topological polar surface area (TPSA) is 63.6 Å². The van der Waals surface area contributed by atoms with Crippen molar-refractivity contribution in [3.63, 3.8) is 0 Å². The molecule has 1 saturated carbocycles. The Bertz CT molecular complexity index is 736. The van der Waals surface area contributed by atoms with Crippen LogP contribution in [0, 0.1) is 11.3 Å². The number of carboxylic acids is 1. The molecule has 1 N–H and O–H groups in total. The minimum atomic E-state index is -0.849. The zero-order valence-corrected chi connectivity index (χ0v) is 15.8. The van der Waals surface area contributed by atoms with Crippen molar-refractivity contribution in [2.75, 3.05) is 7.11 Å². The van der Waals surface area contributed by atoms with Crippen LogP contribution in [0.4, 0.5) is 0 Å². The van der Waals surface area contributed by atoms with Gasteiger partial charge in [-0.25, -0.2) is 0 Å². The second-order valence-corrected chi connectivity index (χ2v) is 8.30. The molecule has 0 spiro atoms. The van der Waals surface area contributed by atoms with Gasteiger partial charge < -0.3 is 9.84 Å². The van der Waals surface area contributed by atoms with Crippen LogP contribution >= 0.6 is 0 Å². The van der Waals surface area contributed by atoms with E-state index in [2.05, 4.69) is 13.8 Å². The van der Waals surface area contributed by atoms with E-state index in [1.807, 2.05) is 26.0 Å². The maximum absolute atomic E-state index is 13.0. The number of methoxy groups -OCH3 is 1. The van der Waals surface area contributed by atoms with Gasteiger partial charge in [-0.1, -0.05) is 19.9 Å². The molecule has 3 atom stereocenters. The van der Waals surface area contributed by atoms with Crippen molar-refractivity contribution in [1.82, 2.24) is 0 Å². The molecule has 136 valence electrons. The second-order valence-electron chi connectivity index (χ2n) is 8.30. The summed E-state index contributed by atoms with van der Waals surface area (Å²) in [6, 6.07) is 3.94. The number of ketones is 1. The summed E-state index contributed by atoms with van der Waals surface area (Å²) in [7, 11) is 1.67. The molecule has 25 heavy (non-hydrogen) atoms. The summed E-state index contributed by atoms with van der Waals surface area (Å²) in [4.78, 5) is 25.1. The van der Waals surface area contributed by atoms with Crippen LogP contribution in [0.5, 0.6) is 5.75 Å². The summed E-state index contributed by atoms with van der Waals surface area (Å²) < 4.78 is 5.57. The third-order valence-electron chi connectivity index (χ3n) is 6.76. The summed E-state index contributed by atoms with van der Waals surface area (Å²) in [5.74, 6) is 0.378. The predicted octanol–water partition coefficient (Wildman–Crippen LogP) is 4.09. The van der Waals surface area contributed by atoms with E-state index >= 15 is 0 Å². The average molecular weight is 344 g/mol. The first-order valence-corrected chi connectivity index (χ1v) is 9.14. The van der Waals surface area contributed by atoms with Crippen LogP contribution in [0.2, 0.25) is 0 Å². The zero-order valence-electron chi connectivity index (χ0n) is 15.8. The summed E-state index contributed by atoms with van der Waals surface area (Å²) in [5, 5.41) is 9.88. The molecule has 2 aliphatic carbocycles. The van der Waals surface area contributed by atoms with E-state index in [4.69, 9.17) is 4.74 Å². The van der Waals surface area contributed by atoms with Crippen LogP contribution in [0.25, 0.3) is 0 Å². The Morgan fingerprint density at radius 2 is 1.96 bits per heavy atom. The van der Waals surface area contributed by atoms with Crippen molar-refractivity contribution in [2.45, 2.75) is 64.7 Å². The van der Waals surface area contributed by atoms with Gasteiger partial charge in [0.15, 0.2) is 0 Å². The lowest BCUT2D eigenvalue weighted by Crippen LogP contribution is -2.57. The van der Waals surface area contributed by atoms with Gasteiger partial charge in [-0.2, -0.15) is 0 Å². The Balaban J connectivity index is 2.25. The number of benzene rings is 1. The summed E-state index contributed by atoms with van der Waals surface area (Å²) in [5.41, 5.74) is 1.80. The fourth-order valence-corrected chi connectivity index (χ4v) is 5.34. The van der Waals surface area contributed by atoms with Crippen molar-refractivity contribution >= 4 is 11.8 Å². The van der Waals surface area contributed by atoms with Crippen molar-refractivity contribution in [2.24, 2.45) is 11.3 Å². The van der Waals surface area contributed by atoms with Crippen LogP contribution in [0.15, 0.2) is 12.1 Å². The standard InChI is InChI=1S/C21H28O4/c1-12(2)18-13-6-9-16-20(3,19(23)24)11-10-17(22)21(16,4)14(13)7-8-15(18)25-5/h7-8,12,16H,6,9-11H2,1-5H3,(H,23,24)/t16?,20-,21+/m0/s1. The van der Waals surface area contributed by atoms with Crippen molar-refractivity contribution in [3.05, 3.63) is 28.8 Å². The molecule has 0 amide bonds. The minimum absolute atomic E-state index is 0.167. The number of carboxylic acid groups (broad SMARTS) is 1. The number of carbonyl (C=O) groups excluding carboxylic acids is 1. The molecule has 1 aromatic carbocycles. The van der Waals surface area contributed by atoms with Crippen LogP contribution < -0.4 is 4.74 Å². The van der Waals surface area contributed by atoms with Crippen LogP contribution in [-0.2, 0) is 21.4 Å². The molecule has 2 aliphatic rings. The normalized spacial score (nSPS) is 31.4. The SMILES string of the molecule is COc1ccc2c(c1C(C)C)CCC1[C@@](C)(C(=O)O)CCC(=O)[C@]21C. The molecule has 0 aliphatic heterocycles. The highest BCUT2D eigenvalue weighted by molar-refractivity contribution is 5.94. The maximum atomic E-state index is 13.0. The minimum Gasteiger partial charge on any atom is -0.496 e. The Morgan fingerprint density at radius 1 is 1.28 bits per heavy atom. The lowest BCUT2D eigenvalue weighted by atomic mass is 9.49. The van der Waals surface area contributed by atoms with E-state index in [0.717, 1.165) is 29.7 Å². The quantitative estimate of drug-likeness (QED) is 0.897. The Hall–Kier alpha value is -1.84. The van der Waals surface area contributed by atoms with E-state index in [9.17, 15) is 14.7 Å². The number of Topliss-reactive ketones (excluding diaryl/α,β-unsaturated/α-hetero) is 1. The van der Waals surface area contributed by atoms with Crippen molar-refractivity contribution < 1.29 is 19.4 Å². The highest BCUT2D eigenvalue weighted by atomic mass is 16.5. The van der Waals surface area contributed by atoms with Gasteiger partial charge in [0, 0.05) is 12.0 Å². The summed E-state index contributed by atoms with van der Waals surface area (Å²) >= 11 is 0. The molecule has 0 aromatic heterocycles. The Labute approximate surface area is 149 Å². The number of ether oxygens (including phenoxy) is 1. The average Bonchev–Trinajstić information content (AvgIpc) is 2.57. The smallest absolute Gasteiger partial charge is 0.309 e. The number of hydrogen-bond donors (Lipinski definition) is 1. The molecule has 1 fully saturated rings. The van der Waals surface area contributed by atoms with Gasteiger partial charge in [-0.15, -0.1) is 0 Å². The fraction of sp³-hybridized carbons (Fsp3) is 0.619. The fourth-order valence-electron chi connectivity index (χ4n) is 5.34. The highest BCUT2D eigenvalue weighted by Gasteiger charge is 2.59. The van der Waals surface area contributed by atoms with Crippen LogP contribution in [0.1, 0.15) is 69.6 Å². The van der Waals surface area contributed by atoms with E-state index in [0.29, 0.717) is 12.8 Å².